The molecule has 0 aliphatic heterocycles. The predicted octanol–water partition coefficient (Wildman–Crippen LogP) is 6.13. The van der Waals surface area contributed by atoms with Gasteiger partial charge in [0, 0.05) is 0 Å². The zero-order valence-electron chi connectivity index (χ0n) is 13.4. The van der Waals surface area contributed by atoms with E-state index in [2.05, 4.69) is 65.0 Å². The van der Waals surface area contributed by atoms with Crippen LogP contribution in [0.15, 0.2) is 30.3 Å². The molecule has 0 aliphatic carbocycles. The van der Waals surface area contributed by atoms with Gasteiger partial charge in [-0.1, -0.05) is 30.3 Å². The summed E-state index contributed by atoms with van der Waals surface area (Å²) >= 11 is 0. The third kappa shape index (κ3) is 1.51. The molecule has 0 saturated heterocycles. The topological polar surface area (TPSA) is 0 Å². The Labute approximate surface area is 125 Å². The number of rotatable bonds is 0. The maximum absolute atomic E-state index is 2.37. The van der Waals surface area contributed by atoms with E-state index in [1.54, 1.807) is 0 Å². The minimum absolute atomic E-state index is 1.38. The van der Waals surface area contributed by atoms with Crippen molar-refractivity contribution in [2.45, 2.75) is 34.6 Å². The Morgan fingerprint density at radius 2 is 1.24 bits per heavy atom. The molecule has 0 spiro atoms. The molecule has 0 unspecified atom stereocenters. The molecule has 0 atom stereocenters. The average Bonchev–Trinajstić information content (AvgIpc) is 2.43. The molecule has 0 nitrogen and oxygen atoms in total. The largest absolute Gasteiger partial charge is 0.0581 e. The van der Waals surface area contributed by atoms with Gasteiger partial charge in [0.25, 0.3) is 0 Å². The van der Waals surface area contributed by atoms with Crippen LogP contribution < -0.4 is 0 Å². The zero-order valence-corrected chi connectivity index (χ0v) is 13.4. The Kier molecular flexibility index (Phi) is 2.39. The highest BCUT2D eigenvalue weighted by Crippen LogP contribution is 2.41. The smallest absolute Gasteiger partial charge is 0.00187 e. The van der Waals surface area contributed by atoms with Crippen molar-refractivity contribution in [3.05, 3.63) is 58.1 Å². The van der Waals surface area contributed by atoms with E-state index in [4.69, 9.17) is 0 Å². The fourth-order valence-electron chi connectivity index (χ4n) is 3.95. The van der Waals surface area contributed by atoms with E-state index in [9.17, 15) is 0 Å². The Hall–Kier alpha value is -2.08. The molecule has 0 bridgehead atoms. The first-order valence-corrected chi connectivity index (χ1v) is 7.64. The van der Waals surface area contributed by atoms with Gasteiger partial charge in [-0.2, -0.15) is 0 Å². The minimum atomic E-state index is 1.38. The van der Waals surface area contributed by atoms with Crippen LogP contribution >= 0.6 is 0 Å². The second-order valence-corrected chi connectivity index (χ2v) is 6.53. The molecule has 0 fully saturated rings. The predicted molar refractivity (Wildman–Crippen MR) is 93.8 cm³/mol. The normalized spacial score (nSPS) is 12.0. The van der Waals surface area contributed by atoms with Gasteiger partial charge < -0.3 is 0 Å². The summed E-state index contributed by atoms with van der Waals surface area (Å²) in [6.45, 7) is 11.2. The molecule has 0 saturated carbocycles. The van der Waals surface area contributed by atoms with E-state index in [-0.39, 0.29) is 0 Å². The van der Waals surface area contributed by atoms with Crippen LogP contribution in [0.4, 0.5) is 0 Å². The van der Waals surface area contributed by atoms with Crippen LogP contribution in [0.2, 0.25) is 0 Å². The fourth-order valence-corrected chi connectivity index (χ4v) is 3.95. The first-order valence-electron chi connectivity index (χ1n) is 7.64. The van der Waals surface area contributed by atoms with Gasteiger partial charge >= 0.3 is 0 Å². The van der Waals surface area contributed by atoms with Crippen molar-refractivity contribution in [3.8, 4) is 0 Å². The summed E-state index contributed by atoms with van der Waals surface area (Å²) in [7, 11) is 0. The minimum Gasteiger partial charge on any atom is -0.0581 e. The fraction of sp³-hybridized carbons (Fsp3) is 0.238. The summed E-state index contributed by atoms with van der Waals surface area (Å²) in [6, 6.07) is 11.6. The van der Waals surface area contributed by atoms with Gasteiger partial charge in [-0.05, 0) is 94.8 Å². The summed E-state index contributed by atoms with van der Waals surface area (Å²) in [5, 5.41) is 8.56. The standard InChI is InChI=1S/C21H20/c1-11-6-7-17-13(3)10-18-15(5)12(2)8-16-9-14(4)19(11)21(17)20(16)18/h6-10H,1-5H3. The summed E-state index contributed by atoms with van der Waals surface area (Å²) in [5.41, 5.74) is 6.96. The lowest BCUT2D eigenvalue weighted by Gasteiger charge is -2.19. The monoisotopic (exact) mass is 272 g/mol. The van der Waals surface area contributed by atoms with Crippen LogP contribution in [0.5, 0.6) is 0 Å². The van der Waals surface area contributed by atoms with Gasteiger partial charge in [-0.3, -0.25) is 0 Å². The Morgan fingerprint density at radius 1 is 0.524 bits per heavy atom. The second kappa shape index (κ2) is 3.98. The first kappa shape index (κ1) is 12.6. The zero-order chi connectivity index (χ0) is 14.9. The lowest BCUT2D eigenvalue weighted by atomic mass is 9.85. The van der Waals surface area contributed by atoms with Crippen molar-refractivity contribution in [2.24, 2.45) is 0 Å². The molecule has 0 aromatic heterocycles. The van der Waals surface area contributed by atoms with Crippen molar-refractivity contribution in [2.75, 3.05) is 0 Å². The van der Waals surface area contributed by atoms with Crippen LogP contribution in [0.3, 0.4) is 0 Å². The first-order chi connectivity index (χ1) is 9.99. The number of aryl methyl sites for hydroxylation is 5. The Morgan fingerprint density at radius 3 is 2.00 bits per heavy atom. The molecule has 4 aromatic rings. The van der Waals surface area contributed by atoms with E-state index < -0.39 is 0 Å². The lowest BCUT2D eigenvalue weighted by Crippen LogP contribution is -1.94. The highest BCUT2D eigenvalue weighted by molar-refractivity contribution is 6.25. The van der Waals surface area contributed by atoms with E-state index in [0.29, 0.717) is 0 Å². The van der Waals surface area contributed by atoms with Gasteiger partial charge in [0.2, 0.25) is 0 Å². The highest BCUT2D eigenvalue weighted by atomic mass is 14.2. The molecular formula is C21H20. The summed E-state index contributed by atoms with van der Waals surface area (Å²) in [5.74, 6) is 0. The maximum Gasteiger partial charge on any atom is -0.00187 e. The third-order valence-electron chi connectivity index (χ3n) is 5.14. The van der Waals surface area contributed by atoms with Crippen LogP contribution in [0.25, 0.3) is 32.3 Å². The van der Waals surface area contributed by atoms with Crippen molar-refractivity contribution >= 4 is 32.3 Å². The van der Waals surface area contributed by atoms with Crippen LogP contribution in [0, 0.1) is 34.6 Å². The van der Waals surface area contributed by atoms with Crippen LogP contribution in [-0.2, 0) is 0 Å². The molecule has 0 radical (unpaired) electrons. The number of hydrogen-bond donors (Lipinski definition) is 0. The quantitative estimate of drug-likeness (QED) is 0.338. The van der Waals surface area contributed by atoms with Crippen LogP contribution in [-0.4, -0.2) is 0 Å². The van der Waals surface area contributed by atoms with E-state index in [0.717, 1.165) is 0 Å². The van der Waals surface area contributed by atoms with Gasteiger partial charge in [0.15, 0.2) is 0 Å². The Balaban J connectivity index is 2.49. The highest BCUT2D eigenvalue weighted by Gasteiger charge is 2.15. The van der Waals surface area contributed by atoms with Crippen molar-refractivity contribution < 1.29 is 0 Å². The van der Waals surface area contributed by atoms with Crippen LogP contribution in [0.1, 0.15) is 27.8 Å². The third-order valence-corrected chi connectivity index (χ3v) is 5.14. The summed E-state index contributed by atoms with van der Waals surface area (Å²) < 4.78 is 0. The molecular weight excluding hydrogens is 252 g/mol. The maximum atomic E-state index is 2.37. The second-order valence-electron chi connectivity index (χ2n) is 6.53. The molecule has 0 heterocycles. The molecule has 0 N–H and O–H groups in total. The molecule has 104 valence electrons. The number of hydrogen-bond acceptors (Lipinski definition) is 0. The van der Waals surface area contributed by atoms with Crippen molar-refractivity contribution in [1.82, 2.24) is 0 Å². The van der Waals surface area contributed by atoms with Gasteiger partial charge in [0.05, 0.1) is 0 Å². The number of benzene rings is 4. The average molecular weight is 272 g/mol. The van der Waals surface area contributed by atoms with Gasteiger partial charge in [0.1, 0.15) is 0 Å². The molecule has 4 aromatic carbocycles. The molecule has 21 heavy (non-hydrogen) atoms. The molecule has 0 heteroatoms. The molecule has 0 amide bonds. The molecule has 4 rings (SSSR count). The van der Waals surface area contributed by atoms with E-state index in [1.165, 1.54) is 60.1 Å². The van der Waals surface area contributed by atoms with E-state index >= 15 is 0 Å². The Bertz CT molecular complexity index is 1020. The lowest BCUT2D eigenvalue weighted by molar-refractivity contribution is 1.38. The summed E-state index contributed by atoms with van der Waals surface area (Å²) in [4.78, 5) is 0. The van der Waals surface area contributed by atoms with Gasteiger partial charge in [-0.25, -0.2) is 0 Å². The van der Waals surface area contributed by atoms with E-state index in [1.807, 2.05) is 0 Å². The van der Waals surface area contributed by atoms with Crippen molar-refractivity contribution in [1.29, 1.82) is 0 Å². The SMILES string of the molecule is Cc1cc2cc(C)c3c(C)ccc4c(C)cc(c1C)c2c43. The summed E-state index contributed by atoms with van der Waals surface area (Å²) in [6.07, 6.45) is 0. The molecule has 0 aliphatic rings. The van der Waals surface area contributed by atoms with Gasteiger partial charge in [-0.15, -0.1) is 0 Å². The van der Waals surface area contributed by atoms with Crippen molar-refractivity contribution in [3.63, 3.8) is 0 Å².